The van der Waals surface area contributed by atoms with Crippen molar-refractivity contribution in [2.75, 3.05) is 9.80 Å². The standard InChI is InChI=1S/C61H38F2N2/c62-39-23-27-43(28-24-39)64(41-13-3-1-4-14-41)45-31-33-52-53-34-32-46(65(42-15-5-2-6-16-42)44-29-25-40(63)26-30-44)36-59(53)61(58(52)35-45)57-22-12-11-21-51(57)56-37-54-49-19-9-7-17-47(49)48-18-8-10-20-50(48)55(54)38-60(56)61/h1-38H. The van der Waals surface area contributed by atoms with E-state index < -0.39 is 5.41 Å². The van der Waals surface area contributed by atoms with Crippen LogP contribution >= 0.6 is 0 Å². The first-order chi connectivity index (χ1) is 32.1. The molecular weight excluding hydrogens is 799 g/mol. The Kier molecular flexibility index (Phi) is 8.22. The van der Waals surface area contributed by atoms with Crippen molar-refractivity contribution < 1.29 is 8.78 Å². The van der Waals surface area contributed by atoms with Gasteiger partial charge in [-0.25, -0.2) is 8.78 Å². The van der Waals surface area contributed by atoms with Gasteiger partial charge in [-0.2, -0.15) is 0 Å². The summed E-state index contributed by atoms with van der Waals surface area (Å²) in [4.78, 5) is 4.44. The quantitative estimate of drug-likeness (QED) is 0.154. The average molecular weight is 837 g/mol. The Balaban J connectivity index is 1.15. The van der Waals surface area contributed by atoms with E-state index in [1.165, 1.54) is 90.0 Å². The van der Waals surface area contributed by atoms with Crippen molar-refractivity contribution >= 4 is 66.4 Å². The van der Waals surface area contributed by atoms with E-state index in [0.717, 1.165) is 45.3 Å². The van der Waals surface area contributed by atoms with Crippen LogP contribution in [-0.2, 0) is 5.41 Å². The smallest absolute Gasteiger partial charge is 0.123 e. The Bertz CT molecular complexity index is 3540. The average Bonchev–Trinajstić information content (AvgIpc) is 3.81. The highest BCUT2D eigenvalue weighted by Gasteiger charge is 2.52. The first kappa shape index (κ1) is 37.2. The molecule has 11 aromatic rings. The largest absolute Gasteiger partial charge is 0.310 e. The molecule has 13 rings (SSSR count). The van der Waals surface area contributed by atoms with Crippen molar-refractivity contribution in [3.63, 3.8) is 0 Å². The summed E-state index contributed by atoms with van der Waals surface area (Å²) >= 11 is 0. The van der Waals surface area contributed by atoms with Crippen LogP contribution < -0.4 is 9.80 Å². The highest BCUT2D eigenvalue weighted by Crippen LogP contribution is 2.65. The second kappa shape index (κ2) is 14.3. The van der Waals surface area contributed by atoms with Gasteiger partial charge in [0, 0.05) is 34.1 Å². The van der Waals surface area contributed by atoms with Gasteiger partial charge in [0.05, 0.1) is 5.41 Å². The van der Waals surface area contributed by atoms with Crippen molar-refractivity contribution in [2.24, 2.45) is 0 Å². The highest BCUT2D eigenvalue weighted by molar-refractivity contribution is 6.26. The fourth-order valence-electron chi connectivity index (χ4n) is 11.1. The Hall–Kier alpha value is -8.34. The van der Waals surface area contributed by atoms with Crippen molar-refractivity contribution in [3.05, 3.63) is 264 Å². The van der Waals surface area contributed by atoms with Crippen molar-refractivity contribution in [1.29, 1.82) is 0 Å². The molecule has 0 saturated heterocycles. The maximum atomic E-state index is 14.5. The Labute approximate surface area is 375 Å². The second-order valence-corrected chi connectivity index (χ2v) is 17.1. The van der Waals surface area contributed by atoms with E-state index in [4.69, 9.17) is 0 Å². The fourth-order valence-corrected chi connectivity index (χ4v) is 11.1. The number of halogens is 2. The van der Waals surface area contributed by atoms with Gasteiger partial charge in [-0.3, -0.25) is 0 Å². The molecule has 2 aliphatic carbocycles. The molecule has 0 amide bonds. The predicted octanol–water partition coefficient (Wildman–Crippen LogP) is 16.7. The molecule has 1 spiro atoms. The summed E-state index contributed by atoms with van der Waals surface area (Å²) in [6, 6.07) is 79.2. The number of fused-ring (bicyclic) bond motifs is 16. The zero-order chi connectivity index (χ0) is 43.2. The molecule has 306 valence electrons. The van der Waals surface area contributed by atoms with E-state index in [1.807, 2.05) is 60.7 Å². The maximum absolute atomic E-state index is 14.5. The van der Waals surface area contributed by atoms with E-state index >= 15 is 0 Å². The van der Waals surface area contributed by atoms with E-state index in [-0.39, 0.29) is 11.6 Å². The Morgan fingerprint density at radius 2 is 0.600 bits per heavy atom. The van der Waals surface area contributed by atoms with Gasteiger partial charge in [-0.15, -0.1) is 0 Å². The molecule has 11 aromatic carbocycles. The minimum Gasteiger partial charge on any atom is -0.310 e. The number of nitrogens with zero attached hydrogens (tertiary/aromatic N) is 2. The van der Waals surface area contributed by atoms with Crippen LogP contribution in [0.4, 0.5) is 42.9 Å². The van der Waals surface area contributed by atoms with Gasteiger partial charge < -0.3 is 9.80 Å². The van der Waals surface area contributed by atoms with E-state index in [9.17, 15) is 8.78 Å². The van der Waals surface area contributed by atoms with Crippen LogP contribution in [0.1, 0.15) is 22.3 Å². The molecule has 65 heavy (non-hydrogen) atoms. The molecule has 0 atom stereocenters. The minimum atomic E-state index is -0.750. The third-order valence-corrected chi connectivity index (χ3v) is 13.7. The summed E-state index contributed by atoms with van der Waals surface area (Å²) in [6.07, 6.45) is 0. The molecule has 0 heterocycles. The normalized spacial score (nSPS) is 12.9. The van der Waals surface area contributed by atoms with Gasteiger partial charge in [0.2, 0.25) is 0 Å². The van der Waals surface area contributed by atoms with Gasteiger partial charge in [0.1, 0.15) is 11.6 Å². The van der Waals surface area contributed by atoms with E-state index in [1.54, 1.807) is 0 Å². The molecule has 0 saturated carbocycles. The van der Waals surface area contributed by atoms with Crippen LogP contribution in [0.25, 0.3) is 54.6 Å². The number of rotatable bonds is 6. The lowest BCUT2D eigenvalue weighted by molar-refractivity contribution is 0.627. The van der Waals surface area contributed by atoms with E-state index in [0.29, 0.717) is 0 Å². The molecule has 0 radical (unpaired) electrons. The zero-order valence-electron chi connectivity index (χ0n) is 35.1. The number of hydrogen-bond donors (Lipinski definition) is 0. The number of anilines is 6. The molecule has 0 aromatic heterocycles. The summed E-state index contributed by atoms with van der Waals surface area (Å²) in [6.45, 7) is 0. The Morgan fingerprint density at radius 3 is 1.09 bits per heavy atom. The number of hydrogen-bond acceptors (Lipinski definition) is 2. The van der Waals surface area contributed by atoms with Crippen LogP contribution in [0.15, 0.2) is 231 Å². The van der Waals surface area contributed by atoms with Gasteiger partial charge in [0.25, 0.3) is 0 Å². The third-order valence-electron chi connectivity index (χ3n) is 13.7. The lowest BCUT2D eigenvalue weighted by Crippen LogP contribution is -2.26. The highest BCUT2D eigenvalue weighted by atomic mass is 19.1. The molecular formula is C61H38F2N2. The molecule has 2 nitrogen and oxygen atoms in total. The monoisotopic (exact) mass is 836 g/mol. The Morgan fingerprint density at radius 1 is 0.246 bits per heavy atom. The van der Waals surface area contributed by atoms with Crippen LogP contribution in [0.2, 0.25) is 0 Å². The van der Waals surface area contributed by atoms with Gasteiger partial charge in [-0.05, 0) is 186 Å². The molecule has 0 fully saturated rings. The summed E-state index contributed by atoms with van der Waals surface area (Å²) in [5.41, 5.74) is 14.4. The first-order valence-electron chi connectivity index (χ1n) is 22.0. The van der Waals surface area contributed by atoms with Crippen molar-refractivity contribution in [3.8, 4) is 22.3 Å². The molecule has 4 heteroatoms. The topological polar surface area (TPSA) is 6.48 Å². The van der Waals surface area contributed by atoms with Crippen LogP contribution in [0, 0.1) is 11.6 Å². The maximum Gasteiger partial charge on any atom is 0.123 e. The predicted molar refractivity (Wildman–Crippen MR) is 265 cm³/mol. The molecule has 2 aliphatic rings. The van der Waals surface area contributed by atoms with Crippen LogP contribution in [0.3, 0.4) is 0 Å². The SMILES string of the molecule is Fc1ccc(N(c2ccccc2)c2ccc3c(c2)C2(c4ccccc4-c4cc5c6ccccc6c6ccccc6c5cc42)c2cc(N(c4ccccc4)c4ccc(F)cc4)ccc2-3)cc1. The summed E-state index contributed by atoms with van der Waals surface area (Å²) in [7, 11) is 0. The zero-order valence-corrected chi connectivity index (χ0v) is 35.1. The van der Waals surface area contributed by atoms with Gasteiger partial charge in [-0.1, -0.05) is 121 Å². The first-order valence-corrected chi connectivity index (χ1v) is 22.0. The van der Waals surface area contributed by atoms with E-state index in [2.05, 4.69) is 155 Å². The lowest BCUT2D eigenvalue weighted by atomic mass is 9.70. The summed E-state index contributed by atoms with van der Waals surface area (Å²) in [5.74, 6) is -0.560. The minimum absolute atomic E-state index is 0.280. The second-order valence-electron chi connectivity index (χ2n) is 17.1. The molecule has 0 bridgehead atoms. The molecule has 0 N–H and O–H groups in total. The van der Waals surface area contributed by atoms with Crippen molar-refractivity contribution in [2.45, 2.75) is 5.41 Å². The molecule has 0 unspecified atom stereocenters. The number of benzene rings is 11. The summed E-state index contributed by atoms with van der Waals surface area (Å²) < 4.78 is 29.1. The third kappa shape index (κ3) is 5.50. The lowest BCUT2D eigenvalue weighted by Gasteiger charge is -2.33. The number of para-hydroxylation sites is 2. The van der Waals surface area contributed by atoms with Crippen LogP contribution in [-0.4, -0.2) is 0 Å². The molecule has 0 aliphatic heterocycles. The fraction of sp³-hybridized carbons (Fsp3) is 0.0164. The van der Waals surface area contributed by atoms with Gasteiger partial charge in [0.15, 0.2) is 0 Å². The van der Waals surface area contributed by atoms with Crippen LogP contribution in [0.5, 0.6) is 0 Å². The summed E-state index contributed by atoms with van der Waals surface area (Å²) in [5, 5.41) is 7.36. The van der Waals surface area contributed by atoms with Crippen molar-refractivity contribution in [1.82, 2.24) is 0 Å². The van der Waals surface area contributed by atoms with Gasteiger partial charge >= 0.3 is 0 Å².